The van der Waals surface area contributed by atoms with Crippen molar-refractivity contribution < 1.29 is 90.8 Å². The van der Waals surface area contributed by atoms with Gasteiger partial charge in [-0.05, 0) is 62.4 Å². The Morgan fingerprint density at radius 1 is 0.500 bits per heavy atom. The zero-order valence-electron chi connectivity index (χ0n) is 23.8. The molecule has 10 nitrogen and oxygen atoms in total. The summed E-state index contributed by atoms with van der Waals surface area (Å²) >= 11 is 0. The van der Waals surface area contributed by atoms with Crippen LogP contribution in [-0.2, 0) is 18.9 Å². The number of ether oxygens (including phenoxy) is 4. The lowest BCUT2D eigenvalue weighted by atomic mass is 9.78. The van der Waals surface area contributed by atoms with Gasteiger partial charge < -0.3 is 18.9 Å². The van der Waals surface area contributed by atoms with Crippen molar-refractivity contribution >= 4 is 35.5 Å². The number of halogens is 12. The molecule has 0 aromatic heterocycles. The van der Waals surface area contributed by atoms with Crippen LogP contribution in [0.2, 0.25) is 0 Å². The number of amides is 2. The molecule has 48 heavy (non-hydrogen) atoms. The fourth-order valence-electron chi connectivity index (χ4n) is 3.87. The maximum Gasteiger partial charge on any atom is 0.442 e. The van der Waals surface area contributed by atoms with E-state index in [2.05, 4.69) is 18.9 Å². The Labute approximate surface area is 260 Å². The third kappa shape index (κ3) is 7.78. The van der Waals surface area contributed by atoms with Crippen molar-refractivity contribution in [2.75, 3.05) is 23.8 Å². The number of carbonyl (C=O) groups is 4. The summed E-state index contributed by atoms with van der Waals surface area (Å²) in [4.78, 5) is 48.0. The van der Waals surface area contributed by atoms with Crippen LogP contribution in [0, 0.1) is 0 Å². The highest BCUT2D eigenvalue weighted by Gasteiger charge is 2.99. The summed E-state index contributed by atoms with van der Waals surface area (Å²) in [5.41, 5.74) is -17.8. The number of anilines is 2. The lowest BCUT2D eigenvalue weighted by molar-refractivity contribution is -0.489. The van der Waals surface area contributed by atoms with Gasteiger partial charge in [0, 0.05) is 11.4 Å². The van der Waals surface area contributed by atoms with E-state index in [0.29, 0.717) is 24.3 Å². The van der Waals surface area contributed by atoms with Crippen LogP contribution in [0.25, 0.3) is 0 Å². The van der Waals surface area contributed by atoms with Gasteiger partial charge in [0.2, 0.25) is 0 Å². The van der Waals surface area contributed by atoms with E-state index >= 15 is 0 Å². The van der Waals surface area contributed by atoms with Crippen molar-refractivity contribution in [1.82, 2.24) is 0 Å². The van der Waals surface area contributed by atoms with Crippen molar-refractivity contribution in [3.63, 3.8) is 0 Å². The molecule has 2 N–H and O–H groups in total. The van der Waals surface area contributed by atoms with E-state index in [-0.39, 0.29) is 24.3 Å². The molecule has 0 spiro atoms. The Morgan fingerprint density at radius 3 is 0.958 bits per heavy atom. The molecule has 0 bridgehead atoms. The normalized spacial score (nSPS) is 12.9. The van der Waals surface area contributed by atoms with Crippen LogP contribution in [0.3, 0.4) is 0 Å². The summed E-state index contributed by atoms with van der Waals surface area (Å²) in [6.07, 6.45) is -37.9. The maximum atomic E-state index is 14.3. The molecule has 0 saturated heterocycles. The summed E-state index contributed by atoms with van der Waals surface area (Å²) < 4.78 is 186. The minimum absolute atomic E-state index is 0.149. The molecule has 0 fully saturated rings. The molecule has 0 heterocycles. The molecule has 0 unspecified atom stereocenters. The zero-order valence-corrected chi connectivity index (χ0v) is 23.8. The molecule has 0 aliphatic carbocycles. The molecule has 2 aromatic carbocycles. The Bertz CT molecular complexity index is 1330. The predicted octanol–water partition coefficient (Wildman–Crippen LogP) is 7.56. The standard InChI is InChI=1S/C26H20F12N2O8/c1-3-45-17(41)13-5-9-15(10-6-13)39-19(43)47-21(23(27,28)29,24(30,31)32)22(25(33,34)35,26(36,37)38)48-20(44)40-16-11-7-14(8-12-16)18(42)46-4-2/h5-12H,3-4H2,1-2H3,(H,39,43)(H,40,44). The molecule has 0 atom stereocenters. The molecule has 2 aromatic rings. The first-order chi connectivity index (χ1) is 21.9. The van der Waals surface area contributed by atoms with Gasteiger partial charge in [-0.3, -0.25) is 10.6 Å². The van der Waals surface area contributed by atoms with Crippen LogP contribution < -0.4 is 10.6 Å². The minimum Gasteiger partial charge on any atom is -0.462 e. The zero-order chi connectivity index (χ0) is 36.9. The number of nitrogens with one attached hydrogen (secondary N) is 2. The SMILES string of the molecule is CCOC(=O)c1ccc(NC(=O)OC(C(F)(F)F)(C(F)(F)F)C(OC(=O)Nc2ccc(C(=O)OCC)cc2)(C(F)(F)F)C(F)(F)F)cc1. The number of benzene rings is 2. The number of hydrogen-bond donors (Lipinski definition) is 2. The highest BCUT2D eigenvalue weighted by Crippen LogP contribution is 2.63. The van der Waals surface area contributed by atoms with E-state index in [1.807, 2.05) is 0 Å². The minimum atomic E-state index is -7.87. The van der Waals surface area contributed by atoms with Gasteiger partial charge in [0.05, 0.1) is 24.3 Å². The second kappa shape index (κ2) is 14.1. The summed E-state index contributed by atoms with van der Waals surface area (Å²) in [6, 6.07) is 5.41. The summed E-state index contributed by atoms with van der Waals surface area (Å²) in [5, 5.41) is 2.18. The highest BCUT2D eigenvalue weighted by atomic mass is 19.4. The fourth-order valence-corrected chi connectivity index (χ4v) is 3.87. The molecular formula is C26H20F12N2O8. The van der Waals surface area contributed by atoms with E-state index in [0.717, 1.165) is 34.9 Å². The average Bonchev–Trinajstić information content (AvgIpc) is 2.93. The molecule has 2 amide bonds. The average molecular weight is 716 g/mol. The van der Waals surface area contributed by atoms with Crippen LogP contribution in [0.4, 0.5) is 73.6 Å². The van der Waals surface area contributed by atoms with E-state index < -0.39 is 71.4 Å². The van der Waals surface area contributed by atoms with Gasteiger partial charge >= 0.3 is 60.0 Å². The number of alkyl halides is 12. The van der Waals surface area contributed by atoms with E-state index in [9.17, 15) is 71.9 Å². The largest absolute Gasteiger partial charge is 0.462 e. The number of rotatable bonds is 9. The van der Waals surface area contributed by atoms with Gasteiger partial charge in [0.25, 0.3) is 0 Å². The first kappa shape index (κ1) is 39.3. The monoisotopic (exact) mass is 716 g/mol. The van der Waals surface area contributed by atoms with Gasteiger partial charge in [-0.1, -0.05) is 0 Å². The lowest BCUT2D eigenvalue weighted by Gasteiger charge is -2.49. The molecule has 2 rings (SSSR count). The van der Waals surface area contributed by atoms with Gasteiger partial charge in [-0.25, -0.2) is 19.2 Å². The van der Waals surface area contributed by atoms with Crippen LogP contribution in [-0.4, -0.2) is 73.2 Å². The number of esters is 2. The predicted molar refractivity (Wildman–Crippen MR) is 135 cm³/mol. The molecule has 0 saturated carbocycles. The van der Waals surface area contributed by atoms with Crippen LogP contribution in [0.5, 0.6) is 0 Å². The third-order valence-electron chi connectivity index (χ3n) is 5.87. The lowest BCUT2D eigenvalue weighted by Crippen LogP contribution is -2.83. The van der Waals surface area contributed by atoms with Gasteiger partial charge in [-0.15, -0.1) is 0 Å². The molecule has 22 heteroatoms. The first-order valence-corrected chi connectivity index (χ1v) is 12.7. The van der Waals surface area contributed by atoms with Crippen molar-refractivity contribution in [3.05, 3.63) is 59.7 Å². The Kier molecular flexibility index (Phi) is 11.5. The summed E-state index contributed by atoms with van der Waals surface area (Å²) in [7, 11) is 0. The third-order valence-corrected chi connectivity index (χ3v) is 5.87. The molecule has 266 valence electrons. The van der Waals surface area contributed by atoms with Crippen molar-refractivity contribution in [2.45, 2.75) is 49.8 Å². The first-order valence-electron chi connectivity index (χ1n) is 12.7. The maximum absolute atomic E-state index is 14.3. The van der Waals surface area contributed by atoms with Gasteiger partial charge in [0.1, 0.15) is 0 Å². The topological polar surface area (TPSA) is 129 Å². The van der Waals surface area contributed by atoms with Crippen molar-refractivity contribution in [1.29, 1.82) is 0 Å². The number of hydrogen-bond acceptors (Lipinski definition) is 8. The Balaban J connectivity index is 2.69. The van der Waals surface area contributed by atoms with E-state index in [4.69, 9.17) is 0 Å². The van der Waals surface area contributed by atoms with Gasteiger partial charge in [0.15, 0.2) is 0 Å². The van der Waals surface area contributed by atoms with E-state index in [1.165, 1.54) is 13.8 Å². The van der Waals surface area contributed by atoms with Crippen LogP contribution in [0.15, 0.2) is 48.5 Å². The molecular weight excluding hydrogens is 696 g/mol. The number of carbonyl (C=O) groups excluding carboxylic acids is 4. The fraction of sp³-hybridized carbons (Fsp3) is 0.385. The van der Waals surface area contributed by atoms with Gasteiger partial charge in [-0.2, -0.15) is 52.7 Å². The molecule has 0 aliphatic rings. The highest BCUT2D eigenvalue weighted by molar-refractivity contribution is 5.92. The molecule has 0 radical (unpaired) electrons. The van der Waals surface area contributed by atoms with Crippen LogP contribution >= 0.6 is 0 Å². The summed E-state index contributed by atoms with van der Waals surface area (Å²) in [5.74, 6) is -2.02. The Morgan fingerprint density at radius 2 is 0.750 bits per heavy atom. The second-order valence-corrected chi connectivity index (χ2v) is 8.98. The quantitative estimate of drug-likeness (QED) is 0.155. The molecule has 0 aliphatic heterocycles. The van der Waals surface area contributed by atoms with E-state index in [1.54, 1.807) is 0 Å². The second-order valence-electron chi connectivity index (χ2n) is 8.98. The summed E-state index contributed by atoms with van der Waals surface area (Å²) in [6.45, 7) is 2.48. The van der Waals surface area contributed by atoms with Crippen molar-refractivity contribution in [2.24, 2.45) is 0 Å². The van der Waals surface area contributed by atoms with Crippen LogP contribution in [0.1, 0.15) is 34.6 Å². The van der Waals surface area contributed by atoms with Crippen molar-refractivity contribution in [3.8, 4) is 0 Å². The Hall–Kier alpha value is -4.92. The smallest absolute Gasteiger partial charge is 0.442 e.